The molecule has 0 saturated carbocycles. The van der Waals surface area contributed by atoms with Gasteiger partial charge in [-0.15, -0.1) is 0 Å². The molecule has 1 rings (SSSR count). The van der Waals surface area contributed by atoms with Gasteiger partial charge in [0, 0.05) is 17.3 Å². The second-order valence-corrected chi connectivity index (χ2v) is 5.53. The number of amides is 1. The average Bonchev–Trinajstić information content (AvgIpc) is 2.27. The van der Waals surface area contributed by atoms with E-state index in [-0.39, 0.29) is 5.91 Å². The summed E-state index contributed by atoms with van der Waals surface area (Å²) < 4.78 is 5.11. The molecule has 0 fully saturated rings. The molecular formula is C14H22N2O2. The first kappa shape index (κ1) is 14.5. The van der Waals surface area contributed by atoms with Crippen molar-refractivity contribution in [3.8, 4) is 5.75 Å². The maximum absolute atomic E-state index is 12.2. The van der Waals surface area contributed by atoms with Crippen molar-refractivity contribution in [2.45, 2.75) is 33.2 Å². The second-order valence-electron chi connectivity index (χ2n) is 5.53. The topological polar surface area (TPSA) is 64.3 Å². The van der Waals surface area contributed by atoms with E-state index in [0.29, 0.717) is 11.4 Å². The largest absolute Gasteiger partial charge is 0.497 e. The van der Waals surface area contributed by atoms with Crippen molar-refractivity contribution in [3.05, 3.63) is 24.3 Å². The zero-order valence-corrected chi connectivity index (χ0v) is 11.7. The van der Waals surface area contributed by atoms with Gasteiger partial charge in [0.2, 0.25) is 5.91 Å². The third-order valence-corrected chi connectivity index (χ3v) is 3.51. The Kier molecular flexibility index (Phi) is 4.02. The Bertz CT molecular complexity index is 434. The summed E-state index contributed by atoms with van der Waals surface area (Å²) >= 11 is 0. The van der Waals surface area contributed by atoms with Crippen LogP contribution >= 0.6 is 0 Å². The van der Waals surface area contributed by atoms with Gasteiger partial charge in [0.05, 0.1) is 12.5 Å². The van der Waals surface area contributed by atoms with Crippen LogP contribution in [0.15, 0.2) is 24.3 Å². The van der Waals surface area contributed by atoms with Crippen molar-refractivity contribution in [1.82, 2.24) is 0 Å². The normalized spacial score (nSPS) is 12.1. The molecule has 0 unspecified atom stereocenters. The molecule has 1 amide bonds. The second kappa shape index (κ2) is 4.98. The summed E-state index contributed by atoms with van der Waals surface area (Å²) in [5.41, 5.74) is 5.47. The van der Waals surface area contributed by atoms with E-state index < -0.39 is 11.0 Å². The lowest BCUT2D eigenvalue weighted by Crippen LogP contribution is -2.53. The molecule has 100 valence electrons. The van der Waals surface area contributed by atoms with Crippen LogP contribution in [0, 0.1) is 5.41 Å². The van der Waals surface area contributed by atoms with E-state index in [4.69, 9.17) is 10.5 Å². The number of anilines is 1. The van der Waals surface area contributed by atoms with Crippen molar-refractivity contribution < 1.29 is 9.53 Å². The number of hydrogen-bond acceptors (Lipinski definition) is 3. The minimum absolute atomic E-state index is 0.108. The first-order chi connectivity index (χ1) is 8.18. The predicted octanol–water partition coefficient (Wildman–Crippen LogP) is 2.40. The van der Waals surface area contributed by atoms with Gasteiger partial charge in [-0.25, -0.2) is 0 Å². The summed E-state index contributed by atoms with van der Waals surface area (Å²) in [5.74, 6) is 0.598. The third-order valence-electron chi connectivity index (χ3n) is 3.51. The van der Waals surface area contributed by atoms with Crippen molar-refractivity contribution in [2.24, 2.45) is 11.1 Å². The van der Waals surface area contributed by atoms with Gasteiger partial charge in [-0.05, 0) is 39.8 Å². The van der Waals surface area contributed by atoms with Crippen LogP contribution in [0.1, 0.15) is 27.7 Å². The van der Waals surface area contributed by atoms with E-state index >= 15 is 0 Å². The fraction of sp³-hybridized carbons (Fsp3) is 0.500. The molecular weight excluding hydrogens is 228 g/mol. The standard InChI is InChI=1S/C14H22N2O2/c1-13(2,14(3,4)15)12(17)16-10-7-6-8-11(9-10)18-5/h6-9H,15H2,1-5H3,(H,16,17). The molecule has 0 atom stereocenters. The zero-order chi connectivity index (χ0) is 14.0. The fourth-order valence-electron chi connectivity index (χ4n) is 1.28. The van der Waals surface area contributed by atoms with E-state index in [9.17, 15) is 4.79 Å². The summed E-state index contributed by atoms with van der Waals surface area (Å²) in [5, 5.41) is 2.86. The number of benzene rings is 1. The van der Waals surface area contributed by atoms with Crippen molar-refractivity contribution in [2.75, 3.05) is 12.4 Å². The number of nitrogens with one attached hydrogen (secondary N) is 1. The number of carbonyl (C=O) groups excluding carboxylic acids is 1. The first-order valence-electron chi connectivity index (χ1n) is 5.93. The van der Waals surface area contributed by atoms with Gasteiger partial charge < -0.3 is 15.8 Å². The van der Waals surface area contributed by atoms with Crippen LogP contribution in [-0.2, 0) is 4.79 Å². The van der Waals surface area contributed by atoms with Gasteiger partial charge in [-0.2, -0.15) is 0 Å². The molecule has 0 heterocycles. The first-order valence-corrected chi connectivity index (χ1v) is 5.93. The van der Waals surface area contributed by atoms with Gasteiger partial charge >= 0.3 is 0 Å². The van der Waals surface area contributed by atoms with Crippen LogP contribution in [-0.4, -0.2) is 18.6 Å². The smallest absolute Gasteiger partial charge is 0.231 e. The average molecular weight is 250 g/mol. The lowest BCUT2D eigenvalue weighted by molar-refractivity contribution is -0.126. The Morgan fingerprint density at radius 1 is 1.28 bits per heavy atom. The SMILES string of the molecule is COc1cccc(NC(=O)C(C)(C)C(C)(C)N)c1. The fourth-order valence-corrected chi connectivity index (χ4v) is 1.28. The summed E-state index contributed by atoms with van der Waals surface area (Å²) in [7, 11) is 1.59. The van der Waals surface area contributed by atoms with Crippen molar-refractivity contribution >= 4 is 11.6 Å². The highest BCUT2D eigenvalue weighted by atomic mass is 16.5. The molecule has 0 spiro atoms. The highest BCUT2D eigenvalue weighted by Gasteiger charge is 2.40. The maximum atomic E-state index is 12.2. The Morgan fingerprint density at radius 2 is 1.89 bits per heavy atom. The number of ether oxygens (including phenoxy) is 1. The van der Waals surface area contributed by atoms with Crippen LogP contribution in [0.5, 0.6) is 5.75 Å². The molecule has 0 aromatic heterocycles. The zero-order valence-electron chi connectivity index (χ0n) is 11.7. The van der Waals surface area contributed by atoms with Gasteiger partial charge in [0.25, 0.3) is 0 Å². The molecule has 3 N–H and O–H groups in total. The highest BCUT2D eigenvalue weighted by molar-refractivity contribution is 5.95. The molecule has 1 aromatic carbocycles. The quantitative estimate of drug-likeness (QED) is 0.862. The third kappa shape index (κ3) is 3.01. The lowest BCUT2D eigenvalue weighted by atomic mass is 9.74. The number of nitrogens with two attached hydrogens (primary N) is 1. The Hall–Kier alpha value is -1.55. The summed E-state index contributed by atoms with van der Waals surface area (Å²) in [6.07, 6.45) is 0. The highest BCUT2D eigenvalue weighted by Crippen LogP contribution is 2.30. The van der Waals surface area contributed by atoms with E-state index in [0.717, 1.165) is 0 Å². The van der Waals surface area contributed by atoms with E-state index in [1.54, 1.807) is 13.2 Å². The molecule has 18 heavy (non-hydrogen) atoms. The van der Waals surface area contributed by atoms with E-state index in [1.807, 2.05) is 45.9 Å². The maximum Gasteiger partial charge on any atom is 0.231 e. The molecule has 0 aliphatic carbocycles. The van der Waals surface area contributed by atoms with Crippen LogP contribution < -0.4 is 15.8 Å². The summed E-state index contributed by atoms with van der Waals surface area (Å²) in [4.78, 5) is 12.2. The van der Waals surface area contributed by atoms with Gasteiger partial charge in [0.1, 0.15) is 5.75 Å². The number of hydrogen-bond donors (Lipinski definition) is 2. The Balaban J connectivity index is 2.88. The molecule has 0 saturated heterocycles. The van der Waals surface area contributed by atoms with Crippen molar-refractivity contribution in [3.63, 3.8) is 0 Å². The molecule has 0 bridgehead atoms. The van der Waals surface area contributed by atoms with Crippen LogP contribution in [0.3, 0.4) is 0 Å². The van der Waals surface area contributed by atoms with E-state index in [2.05, 4.69) is 5.32 Å². The minimum Gasteiger partial charge on any atom is -0.497 e. The predicted molar refractivity (Wildman–Crippen MR) is 73.7 cm³/mol. The summed E-state index contributed by atoms with van der Waals surface area (Å²) in [6, 6.07) is 7.25. The van der Waals surface area contributed by atoms with Crippen molar-refractivity contribution in [1.29, 1.82) is 0 Å². The molecule has 4 heteroatoms. The molecule has 0 radical (unpaired) electrons. The molecule has 1 aromatic rings. The minimum atomic E-state index is -0.671. The summed E-state index contributed by atoms with van der Waals surface area (Å²) in [6.45, 7) is 7.36. The number of methoxy groups -OCH3 is 1. The Labute approximate surface area is 109 Å². The van der Waals surface area contributed by atoms with Gasteiger partial charge in [-0.1, -0.05) is 6.07 Å². The lowest BCUT2D eigenvalue weighted by Gasteiger charge is -2.36. The van der Waals surface area contributed by atoms with Crippen LogP contribution in [0.25, 0.3) is 0 Å². The van der Waals surface area contributed by atoms with Crippen LogP contribution in [0.2, 0.25) is 0 Å². The van der Waals surface area contributed by atoms with E-state index in [1.165, 1.54) is 0 Å². The number of carbonyl (C=O) groups is 1. The molecule has 4 nitrogen and oxygen atoms in total. The monoisotopic (exact) mass is 250 g/mol. The van der Waals surface area contributed by atoms with Gasteiger partial charge in [-0.3, -0.25) is 4.79 Å². The van der Waals surface area contributed by atoms with Crippen LogP contribution in [0.4, 0.5) is 5.69 Å². The molecule has 0 aliphatic heterocycles. The Morgan fingerprint density at radius 3 is 2.39 bits per heavy atom. The number of rotatable bonds is 4. The molecule has 0 aliphatic rings. The van der Waals surface area contributed by atoms with Gasteiger partial charge in [0.15, 0.2) is 0 Å².